The summed E-state index contributed by atoms with van der Waals surface area (Å²) in [6, 6.07) is 15.6. The van der Waals surface area contributed by atoms with Gasteiger partial charge in [0.15, 0.2) is 0 Å². The second-order valence-electron chi connectivity index (χ2n) is 4.59. The van der Waals surface area contributed by atoms with Gasteiger partial charge in [-0.05, 0) is 48.1 Å². The third-order valence-electron chi connectivity index (χ3n) is 3.10. The smallest absolute Gasteiger partial charge is 0.119 e. The van der Waals surface area contributed by atoms with Crippen LogP contribution < -0.4 is 4.74 Å². The summed E-state index contributed by atoms with van der Waals surface area (Å²) in [5, 5.41) is 10.4. The van der Waals surface area contributed by atoms with E-state index in [1.807, 2.05) is 54.8 Å². The van der Waals surface area contributed by atoms with Crippen molar-refractivity contribution in [3.63, 3.8) is 0 Å². The van der Waals surface area contributed by atoms with Crippen molar-refractivity contribution in [2.45, 2.75) is 24.3 Å². The second kappa shape index (κ2) is 7.36. The maximum absolute atomic E-state index is 10.4. The quantitative estimate of drug-likeness (QED) is 0.805. The number of ether oxygens (including phenoxy) is 1. The zero-order valence-corrected chi connectivity index (χ0v) is 12.7. The van der Waals surface area contributed by atoms with Crippen LogP contribution in [-0.4, -0.2) is 18.0 Å². The average Bonchev–Trinajstić information content (AvgIpc) is 2.53. The normalized spacial score (nSPS) is 12.2. The van der Waals surface area contributed by atoms with E-state index in [0.717, 1.165) is 29.9 Å². The highest BCUT2D eigenvalue weighted by molar-refractivity contribution is 7.98. The standard InChI is InChI=1S/C17H20O2S/c1-3-12-19-15-8-4-13(5-9-15)17(18)14-6-10-16(20-2)11-7-14/h4-11,17-18H,3,12H2,1-2H3. The first-order chi connectivity index (χ1) is 9.74. The van der Waals surface area contributed by atoms with Crippen molar-refractivity contribution in [2.24, 2.45) is 0 Å². The molecule has 0 heterocycles. The molecule has 0 aromatic heterocycles. The molecule has 2 rings (SSSR count). The summed E-state index contributed by atoms with van der Waals surface area (Å²) in [6.07, 6.45) is 2.44. The van der Waals surface area contributed by atoms with E-state index in [9.17, 15) is 5.11 Å². The molecule has 2 aromatic carbocycles. The van der Waals surface area contributed by atoms with Crippen molar-refractivity contribution < 1.29 is 9.84 Å². The Morgan fingerprint density at radius 1 is 1.00 bits per heavy atom. The van der Waals surface area contributed by atoms with Crippen LogP contribution in [-0.2, 0) is 0 Å². The summed E-state index contributed by atoms with van der Waals surface area (Å²) in [6.45, 7) is 2.80. The molecule has 20 heavy (non-hydrogen) atoms. The van der Waals surface area contributed by atoms with Gasteiger partial charge in [0.25, 0.3) is 0 Å². The molecule has 1 N–H and O–H groups in total. The van der Waals surface area contributed by atoms with E-state index >= 15 is 0 Å². The Morgan fingerprint density at radius 3 is 2.05 bits per heavy atom. The number of benzene rings is 2. The summed E-state index contributed by atoms with van der Waals surface area (Å²) < 4.78 is 5.54. The van der Waals surface area contributed by atoms with Crippen LogP contribution in [0.1, 0.15) is 30.6 Å². The summed E-state index contributed by atoms with van der Waals surface area (Å²) in [7, 11) is 0. The van der Waals surface area contributed by atoms with Gasteiger partial charge in [0.05, 0.1) is 6.61 Å². The highest BCUT2D eigenvalue weighted by Crippen LogP contribution is 2.25. The highest BCUT2D eigenvalue weighted by Gasteiger charge is 2.10. The maximum Gasteiger partial charge on any atom is 0.119 e. The molecule has 0 spiro atoms. The number of aliphatic hydroxyl groups is 1. The van der Waals surface area contributed by atoms with Gasteiger partial charge in [-0.25, -0.2) is 0 Å². The second-order valence-corrected chi connectivity index (χ2v) is 5.47. The van der Waals surface area contributed by atoms with Gasteiger partial charge in [-0.15, -0.1) is 11.8 Å². The molecule has 2 nitrogen and oxygen atoms in total. The maximum atomic E-state index is 10.4. The molecule has 0 fully saturated rings. The molecular weight excluding hydrogens is 268 g/mol. The van der Waals surface area contributed by atoms with Crippen LogP contribution in [0, 0.1) is 0 Å². The summed E-state index contributed by atoms with van der Waals surface area (Å²) >= 11 is 1.70. The number of hydrogen-bond donors (Lipinski definition) is 1. The third-order valence-corrected chi connectivity index (χ3v) is 3.84. The van der Waals surface area contributed by atoms with E-state index in [4.69, 9.17) is 4.74 Å². The van der Waals surface area contributed by atoms with Crippen LogP contribution >= 0.6 is 11.8 Å². The summed E-state index contributed by atoms with van der Waals surface area (Å²) in [5.41, 5.74) is 1.79. The predicted octanol–water partition coefficient (Wildman–Crippen LogP) is 4.28. The zero-order valence-electron chi connectivity index (χ0n) is 11.9. The molecule has 0 saturated heterocycles. The number of thioether (sulfide) groups is 1. The fourth-order valence-corrected chi connectivity index (χ4v) is 2.35. The van der Waals surface area contributed by atoms with Gasteiger partial charge in [-0.2, -0.15) is 0 Å². The molecule has 0 radical (unpaired) electrons. The fraction of sp³-hybridized carbons (Fsp3) is 0.294. The Balaban J connectivity index is 2.09. The van der Waals surface area contributed by atoms with Crippen molar-refractivity contribution >= 4 is 11.8 Å². The number of hydrogen-bond acceptors (Lipinski definition) is 3. The number of rotatable bonds is 6. The average molecular weight is 288 g/mol. The highest BCUT2D eigenvalue weighted by atomic mass is 32.2. The van der Waals surface area contributed by atoms with E-state index in [-0.39, 0.29) is 0 Å². The molecule has 2 aromatic rings. The largest absolute Gasteiger partial charge is 0.494 e. The van der Waals surface area contributed by atoms with Gasteiger partial charge in [-0.3, -0.25) is 0 Å². The van der Waals surface area contributed by atoms with E-state index in [0.29, 0.717) is 0 Å². The van der Waals surface area contributed by atoms with Crippen molar-refractivity contribution in [3.8, 4) is 5.75 Å². The number of aliphatic hydroxyl groups excluding tert-OH is 1. The molecule has 1 atom stereocenters. The minimum Gasteiger partial charge on any atom is -0.494 e. The molecule has 0 aliphatic rings. The lowest BCUT2D eigenvalue weighted by molar-refractivity contribution is 0.220. The molecule has 1 unspecified atom stereocenters. The lowest BCUT2D eigenvalue weighted by Crippen LogP contribution is -2.00. The van der Waals surface area contributed by atoms with Gasteiger partial charge in [0, 0.05) is 4.90 Å². The van der Waals surface area contributed by atoms with Crippen molar-refractivity contribution in [3.05, 3.63) is 59.7 Å². The minimum atomic E-state index is -0.592. The first-order valence-electron chi connectivity index (χ1n) is 6.79. The van der Waals surface area contributed by atoms with E-state index in [1.54, 1.807) is 11.8 Å². The summed E-state index contributed by atoms with van der Waals surface area (Å²) in [5.74, 6) is 0.848. The van der Waals surface area contributed by atoms with E-state index in [1.165, 1.54) is 4.90 Å². The minimum absolute atomic E-state index is 0.592. The van der Waals surface area contributed by atoms with Crippen molar-refractivity contribution in [1.29, 1.82) is 0 Å². The lowest BCUT2D eigenvalue weighted by atomic mass is 10.0. The van der Waals surface area contributed by atoms with Gasteiger partial charge < -0.3 is 9.84 Å². The van der Waals surface area contributed by atoms with Crippen LogP contribution in [0.2, 0.25) is 0 Å². The third kappa shape index (κ3) is 3.78. The molecule has 0 aliphatic heterocycles. The van der Waals surface area contributed by atoms with Crippen LogP contribution in [0.5, 0.6) is 5.75 Å². The SMILES string of the molecule is CCCOc1ccc(C(O)c2ccc(SC)cc2)cc1. The topological polar surface area (TPSA) is 29.5 Å². The zero-order chi connectivity index (χ0) is 14.4. The van der Waals surface area contributed by atoms with Crippen LogP contribution in [0.3, 0.4) is 0 Å². The molecular formula is C17H20O2S. The fourth-order valence-electron chi connectivity index (χ4n) is 1.94. The lowest BCUT2D eigenvalue weighted by Gasteiger charge is -2.13. The van der Waals surface area contributed by atoms with Crippen molar-refractivity contribution in [2.75, 3.05) is 12.9 Å². The Kier molecular flexibility index (Phi) is 5.50. The van der Waals surface area contributed by atoms with Gasteiger partial charge in [-0.1, -0.05) is 31.2 Å². The Bertz CT molecular complexity index is 520. The first kappa shape index (κ1) is 14.9. The van der Waals surface area contributed by atoms with Crippen molar-refractivity contribution in [1.82, 2.24) is 0 Å². The molecule has 106 valence electrons. The molecule has 0 aliphatic carbocycles. The first-order valence-corrected chi connectivity index (χ1v) is 8.02. The van der Waals surface area contributed by atoms with Gasteiger partial charge in [0.1, 0.15) is 11.9 Å². The molecule has 0 amide bonds. The molecule has 3 heteroatoms. The van der Waals surface area contributed by atoms with Crippen LogP contribution in [0.25, 0.3) is 0 Å². The Morgan fingerprint density at radius 2 is 1.55 bits per heavy atom. The molecule has 0 saturated carbocycles. The van der Waals surface area contributed by atoms with E-state index < -0.39 is 6.10 Å². The predicted molar refractivity (Wildman–Crippen MR) is 84.5 cm³/mol. The Hall–Kier alpha value is -1.45. The summed E-state index contributed by atoms with van der Waals surface area (Å²) in [4.78, 5) is 1.20. The van der Waals surface area contributed by atoms with E-state index in [2.05, 4.69) is 6.92 Å². The molecule has 0 bridgehead atoms. The Labute approximate surface area is 124 Å². The van der Waals surface area contributed by atoms with Gasteiger partial charge >= 0.3 is 0 Å². The monoisotopic (exact) mass is 288 g/mol. The van der Waals surface area contributed by atoms with Gasteiger partial charge in [0.2, 0.25) is 0 Å². The van der Waals surface area contributed by atoms with Crippen LogP contribution in [0.15, 0.2) is 53.4 Å². The van der Waals surface area contributed by atoms with Crippen LogP contribution in [0.4, 0.5) is 0 Å².